The monoisotopic (exact) mass is 467 g/mol. The summed E-state index contributed by atoms with van der Waals surface area (Å²) in [5, 5.41) is 10.3. The average Bonchev–Trinajstić information content (AvgIpc) is 3.41. The molecule has 5 rings (SSSR count). The van der Waals surface area contributed by atoms with Crippen LogP contribution in [0.3, 0.4) is 0 Å². The maximum Gasteiger partial charge on any atom is 0.296 e. The summed E-state index contributed by atoms with van der Waals surface area (Å²) in [5.41, 5.74) is 0.915. The number of aromatic amines is 1. The normalized spacial score (nSPS) is 25.2. The molecule has 2 aromatic heterocycles. The number of aliphatic hydroxyl groups excluding tert-OH is 1. The number of rotatable bonds is 5. The first kappa shape index (κ1) is 20.6. The number of nitrogens with one attached hydrogen (secondary N) is 1. The largest absolute Gasteiger partial charge is 0.456 e. The van der Waals surface area contributed by atoms with E-state index in [9.17, 15) is 14.3 Å². The number of carbonyl (C=O) groups is 1. The van der Waals surface area contributed by atoms with Crippen molar-refractivity contribution in [2.24, 2.45) is 0 Å². The molecule has 0 unspecified atom stereocenters. The second-order valence-electron chi connectivity index (χ2n) is 7.37. The molecule has 2 saturated heterocycles. The average molecular weight is 468 g/mol. The summed E-state index contributed by atoms with van der Waals surface area (Å²) < 4.78 is 30.9. The minimum Gasteiger partial charge on any atom is -0.456 e. The summed E-state index contributed by atoms with van der Waals surface area (Å²) in [7, 11) is 0. The van der Waals surface area contributed by atoms with Crippen molar-refractivity contribution in [3.63, 3.8) is 0 Å². The van der Waals surface area contributed by atoms with Crippen molar-refractivity contribution in [2.45, 2.75) is 30.8 Å². The molecule has 31 heavy (non-hydrogen) atoms. The zero-order valence-electron chi connectivity index (χ0n) is 15.8. The second kappa shape index (κ2) is 7.99. The fraction of sp³-hybridized carbons (Fsp3) is 0.350. The number of hydrogen-bond donors (Lipinski definition) is 2. The number of ketones is 1. The Balaban J connectivity index is 1.36. The maximum absolute atomic E-state index is 14.0. The van der Waals surface area contributed by atoms with E-state index in [1.54, 1.807) is 6.07 Å². The van der Waals surface area contributed by atoms with Gasteiger partial charge in [-0.3, -0.25) is 4.79 Å². The van der Waals surface area contributed by atoms with Gasteiger partial charge in [-0.1, -0.05) is 23.2 Å². The van der Waals surface area contributed by atoms with Crippen molar-refractivity contribution < 1.29 is 28.5 Å². The number of aromatic nitrogens is 3. The summed E-state index contributed by atoms with van der Waals surface area (Å²) in [4.78, 5) is 24.1. The van der Waals surface area contributed by atoms with E-state index in [1.807, 2.05) is 0 Å². The van der Waals surface area contributed by atoms with Gasteiger partial charge in [0.25, 0.3) is 6.01 Å². The van der Waals surface area contributed by atoms with Crippen molar-refractivity contribution in [2.75, 3.05) is 13.2 Å². The predicted molar refractivity (Wildman–Crippen MR) is 108 cm³/mol. The Kier molecular flexibility index (Phi) is 5.31. The number of hydrogen-bond acceptors (Lipinski definition) is 7. The highest BCUT2D eigenvalue weighted by Gasteiger charge is 2.48. The molecule has 162 valence electrons. The molecule has 0 spiro atoms. The highest BCUT2D eigenvalue weighted by Crippen LogP contribution is 2.30. The number of Topliss-reactive ketones (excluding diaryl/α,β-unsaturated/α-hetero) is 1. The van der Waals surface area contributed by atoms with E-state index < -0.39 is 29.9 Å². The van der Waals surface area contributed by atoms with Gasteiger partial charge in [-0.15, -0.1) is 0 Å². The van der Waals surface area contributed by atoms with Crippen molar-refractivity contribution in [3.05, 3.63) is 51.4 Å². The smallest absolute Gasteiger partial charge is 0.296 e. The molecular formula is C20H16Cl2FN3O5. The zero-order chi connectivity index (χ0) is 21.7. The topological polar surface area (TPSA) is 107 Å². The van der Waals surface area contributed by atoms with Gasteiger partial charge in [0, 0.05) is 5.02 Å². The van der Waals surface area contributed by atoms with Crippen molar-refractivity contribution in [1.29, 1.82) is 0 Å². The van der Waals surface area contributed by atoms with Gasteiger partial charge in [-0.25, -0.2) is 9.37 Å². The Morgan fingerprint density at radius 3 is 2.87 bits per heavy atom. The van der Waals surface area contributed by atoms with E-state index in [4.69, 9.17) is 37.4 Å². The number of pyridine rings is 1. The van der Waals surface area contributed by atoms with Gasteiger partial charge in [0.1, 0.15) is 24.1 Å². The van der Waals surface area contributed by atoms with E-state index in [0.29, 0.717) is 5.52 Å². The third kappa shape index (κ3) is 3.88. The van der Waals surface area contributed by atoms with Crippen LogP contribution in [0.1, 0.15) is 16.1 Å². The predicted octanol–water partition coefficient (Wildman–Crippen LogP) is 2.74. The highest BCUT2D eigenvalue weighted by molar-refractivity contribution is 6.32. The summed E-state index contributed by atoms with van der Waals surface area (Å²) in [5.74, 6) is -1.18. The Morgan fingerprint density at radius 2 is 2.03 bits per heavy atom. The second-order valence-corrected chi connectivity index (χ2v) is 8.22. The molecule has 2 N–H and O–H groups in total. The Labute approximate surface area is 185 Å². The van der Waals surface area contributed by atoms with Gasteiger partial charge in [0.05, 0.1) is 41.4 Å². The summed E-state index contributed by atoms with van der Waals surface area (Å²) in [6.45, 7) is 0.444. The Hall–Kier alpha value is -2.30. The van der Waals surface area contributed by atoms with Gasteiger partial charge in [-0.2, -0.15) is 4.98 Å². The van der Waals surface area contributed by atoms with E-state index in [-0.39, 0.29) is 58.7 Å². The number of imidazole rings is 1. The number of carbonyl (C=O) groups excluding carboxylic acids is 1. The van der Waals surface area contributed by atoms with Crippen LogP contribution < -0.4 is 4.74 Å². The van der Waals surface area contributed by atoms with Crippen molar-refractivity contribution >= 4 is 40.1 Å². The number of nitrogens with zero attached hydrogens (tertiary/aromatic N) is 2. The van der Waals surface area contributed by atoms with Gasteiger partial charge >= 0.3 is 0 Å². The molecule has 3 aromatic rings. The molecule has 8 nitrogen and oxygen atoms in total. The first-order chi connectivity index (χ1) is 14.9. The third-order valence-corrected chi connectivity index (χ3v) is 5.84. The molecule has 0 bridgehead atoms. The first-order valence-electron chi connectivity index (χ1n) is 9.50. The lowest BCUT2D eigenvalue weighted by Gasteiger charge is -2.15. The molecule has 1 aromatic carbocycles. The number of ether oxygens (including phenoxy) is 3. The molecule has 2 aliphatic heterocycles. The number of halogens is 3. The summed E-state index contributed by atoms with van der Waals surface area (Å²) in [6, 6.07) is 5.53. The van der Waals surface area contributed by atoms with Crippen molar-refractivity contribution in [3.8, 4) is 6.01 Å². The maximum atomic E-state index is 14.0. The lowest BCUT2D eigenvalue weighted by Crippen LogP contribution is -2.34. The van der Waals surface area contributed by atoms with Crippen LogP contribution in [-0.4, -0.2) is 63.5 Å². The van der Waals surface area contributed by atoms with Crippen LogP contribution in [0.25, 0.3) is 11.2 Å². The van der Waals surface area contributed by atoms with Crippen LogP contribution in [0.5, 0.6) is 6.01 Å². The molecular weight excluding hydrogens is 452 g/mol. The molecule has 0 radical (unpaired) electrons. The summed E-state index contributed by atoms with van der Waals surface area (Å²) in [6.07, 6.45) is -2.16. The molecule has 0 saturated carbocycles. The lowest BCUT2D eigenvalue weighted by molar-refractivity contribution is 0.00706. The van der Waals surface area contributed by atoms with Gasteiger partial charge in [0.15, 0.2) is 17.5 Å². The van der Waals surface area contributed by atoms with E-state index in [1.165, 1.54) is 12.1 Å². The van der Waals surface area contributed by atoms with Gasteiger partial charge < -0.3 is 24.3 Å². The van der Waals surface area contributed by atoms with Crippen LogP contribution in [-0.2, 0) is 15.9 Å². The first-order valence-corrected chi connectivity index (χ1v) is 10.3. The van der Waals surface area contributed by atoms with E-state index >= 15 is 0 Å². The molecule has 0 amide bonds. The van der Waals surface area contributed by atoms with Crippen LogP contribution in [0.4, 0.5) is 4.39 Å². The molecule has 2 fully saturated rings. The third-order valence-electron chi connectivity index (χ3n) is 5.28. The standard InChI is InChI=1S/C20H16Cl2FN3O5/c21-8-1-2-11(23)9(3-8)14(27)5-12-10(22)4-13-19(24-12)26-20(25-13)31-16-7-30-17-15(28)6-29-18(16)17/h1-4,15-18,28H,5-7H2,(H,24,25,26)/t15-,16-,17-,18-/m1/s1. The summed E-state index contributed by atoms with van der Waals surface area (Å²) >= 11 is 12.2. The van der Waals surface area contributed by atoms with Crippen LogP contribution >= 0.6 is 23.2 Å². The zero-order valence-corrected chi connectivity index (χ0v) is 17.4. The van der Waals surface area contributed by atoms with Gasteiger partial charge in [0.2, 0.25) is 0 Å². The van der Waals surface area contributed by atoms with Crippen LogP contribution in [0, 0.1) is 5.82 Å². The number of benzene rings is 1. The van der Waals surface area contributed by atoms with E-state index in [2.05, 4.69) is 15.0 Å². The quantitative estimate of drug-likeness (QED) is 0.555. The SMILES string of the molecule is O=C(Cc1nc2nc(O[C@@H]3CO[C@H]4[C@@H]3OC[C@H]4O)[nH]c2cc1Cl)c1cc(Cl)ccc1F. The Bertz CT molecular complexity index is 1170. The minimum atomic E-state index is -0.681. The fourth-order valence-electron chi connectivity index (χ4n) is 3.76. The van der Waals surface area contributed by atoms with Crippen LogP contribution in [0.15, 0.2) is 24.3 Å². The Morgan fingerprint density at radius 1 is 1.23 bits per heavy atom. The molecule has 2 aliphatic rings. The molecule has 4 atom stereocenters. The number of fused-ring (bicyclic) bond motifs is 2. The minimum absolute atomic E-state index is 0.133. The van der Waals surface area contributed by atoms with E-state index in [0.717, 1.165) is 6.07 Å². The molecule has 4 heterocycles. The fourth-order valence-corrected chi connectivity index (χ4v) is 4.15. The lowest BCUT2D eigenvalue weighted by atomic mass is 10.1. The van der Waals surface area contributed by atoms with Gasteiger partial charge in [-0.05, 0) is 24.3 Å². The highest BCUT2D eigenvalue weighted by atomic mass is 35.5. The number of H-pyrrole nitrogens is 1. The number of aliphatic hydroxyl groups is 1. The molecule has 11 heteroatoms. The van der Waals surface area contributed by atoms with Crippen LogP contribution in [0.2, 0.25) is 10.0 Å². The molecule has 0 aliphatic carbocycles. The van der Waals surface area contributed by atoms with Crippen molar-refractivity contribution in [1.82, 2.24) is 15.0 Å².